The molecular formula is C35H44N6O6. The highest BCUT2D eigenvalue weighted by atomic mass is 16.6. The summed E-state index contributed by atoms with van der Waals surface area (Å²) in [6.45, 7) is 8.27. The lowest BCUT2D eigenvalue weighted by atomic mass is 9.83. The van der Waals surface area contributed by atoms with Gasteiger partial charge in [0.2, 0.25) is 5.95 Å². The van der Waals surface area contributed by atoms with Crippen LogP contribution in [0.4, 0.5) is 10.7 Å². The lowest BCUT2D eigenvalue weighted by Gasteiger charge is -2.24. The van der Waals surface area contributed by atoms with Crippen molar-refractivity contribution in [2.45, 2.75) is 88.6 Å². The van der Waals surface area contributed by atoms with Crippen molar-refractivity contribution < 1.29 is 29.6 Å². The number of alkyl carbamates (subject to hydrolysis) is 1. The zero-order chi connectivity index (χ0) is 33.3. The number of benzene rings is 2. The number of aliphatic hydroxyl groups excluding tert-OH is 3. The molecule has 0 aliphatic carbocycles. The van der Waals surface area contributed by atoms with E-state index in [2.05, 4.69) is 60.8 Å². The van der Waals surface area contributed by atoms with Crippen LogP contribution in [0.2, 0.25) is 0 Å². The molecule has 2 aliphatic heterocycles. The number of ether oxygens (including phenoxy) is 2. The number of fused-ring (bicyclic) bond motifs is 1. The van der Waals surface area contributed by atoms with Gasteiger partial charge in [-0.15, -0.1) is 0 Å². The molecule has 1 unspecified atom stereocenters. The minimum atomic E-state index is -1.29. The van der Waals surface area contributed by atoms with Crippen molar-refractivity contribution in [1.82, 2.24) is 24.8 Å². The monoisotopic (exact) mass is 644 g/mol. The second-order valence-electron chi connectivity index (χ2n) is 13.6. The second kappa shape index (κ2) is 13.6. The molecule has 250 valence electrons. The number of nitrogens with one attached hydrogen (secondary N) is 1. The van der Waals surface area contributed by atoms with Crippen LogP contribution in [0.3, 0.4) is 0 Å². The number of anilines is 1. The minimum absolute atomic E-state index is 0.0727. The van der Waals surface area contributed by atoms with Gasteiger partial charge in [0, 0.05) is 24.9 Å². The number of hydrogen-bond acceptors (Lipinski definition) is 10. The molecular weight excluding hydrogens is 600 g/mol. The fourth-order valence-corrected chi connectivity index (χ4v) is 6.54. The van der Waals surface area contributed by atoms with Gasteiger partial charge < -0.3 is 35.0 Å². The van der Waals surface area contributed by atoms with Crippen molar-refractivity contribution in [3.05, 3.63) is 83.8 Å². The number of rotatable bonds is 9. The van der Waals surface area contributed by atoms with Crippen molar-refractivity contribution in [2.24, 2.45) is 0 Å². The third-order valence-electron chi connectivity index (χ3n) is 8.88. The Kier molecular flexibility index (Phi) is 9.47. The molecule has 6 atom stereocenters. The first kappa shape index (κ1) is 32.8. The number of amides is 1. The molecule has 0 saturated carbocycles. The van der Waals surface area contributed by atoms with Gasteiger partial charge in [0.05, 0.1) is 24.7 Å². The Morgan fingerprint density at radius 3 is 2.30 bits per heavy atom. The van der Waals surface area contributed by atoms with Crippen molar-refractivity contribution in [1.29, 1.82) is 0 Å². The van der Waals surface area contributed by atoms with Crippen LogP contribution in [0.25, 0.3) is 11.2 Å². The predicted octanol–water partition coefficient (Wildman–Crippen LogP) is 3.87. The molecule has 6 rings (SSSR count). The van der Waals surface area contributed by atoms with E-state index in [-0.39, 0.29) is 17.9 Å². The highest BCUT2D eigenvalue weighted by Crippen LogP contribution is 2.38. The zero-order valence-corrected chi connectivity index (χ0v) is 27.2. The Morgan fingerprint density at radius 2 is 1.70 bits per heavy atom. The van der Waals surface area contributed by atoms with E-state index >= 15 is 0 Å². The highest BCUT2D eigenvalue weighted by Gasteiger charge is 2.44. The highest BCUT2D eigenvalue weighted by molar-refractivity contribution is 5.76. The van der Waals surface area contributed by atoms with Crippen molar-refractivity contribution >= 4 is 23.2 Å². The van der Waals surface area contributed by atoms with E-state index < -0.39 is 42.8 Å². The summed E-state index contributed by atoms with van der Waals surface area (Å²) in [5.74, 6) is 0.492. The van der Waals surface area contributed by atoms with E-state index in [0.717, 1.165) is 12.1 Å². The van der Waals surface area contributed by atoms with Gasteiger partial charge in [0.1, 0.15) is 29.4 Å². The first-order valence-corrected chi connectivity index (χ1v) is 16.2. The number of aromatic nitrogens is 4. The largest absolute Gasteiger partial charge is 0.444 e. The molecule has 4 N–H and O–H groups in total. The molecule has 0 spiro atoms. The standard InChI is InChI=1S/C35H44N6O6/c1-21(17-25(22-11-7-5-8-12-22)23-13-9-6-10-14-23)27-28-31(41(20-36-28)32-30(44)29(43)26(19-42)46-32)39-33(38-27)40-16-15-24(18-40)37-34(45)47-35(2,3)4/h5-14,20-21,24-26,29-30,32,42-44H,15-19H2,1-4H3,(H,37,45)/t21?,24-,26+,29+,30+,32+/m0/s1. The molecule has 2 aliphatic rings. The van der Waals surface area contributed by atoms with E-state index in [1.807, 2.05) is 37.8 Å². The van der Waals surface area contributed by atoms with Gasteiger partial charge >= 0.3 is 6.09 Å². The number of carbonyl (C=O) groups excluding carboxylic acids is 1. The molecule has 4 aromatic rings. The van der Waals surface area contributed by atoms with Crippen molar-refractivity contribution in [3.63, 3.8) is 0 Å². The Hall–Kier alpha value is -4.10. The van der Waals surface area contributed by atoms with Crippen LogP contribution in [0.5, 0.6) is 0 Å². The average molecular weight is 645 g/mol. The molecule has 4 heterocycles. The summed E-state index contributed by atoms with van der Waals surface area (Å²) in [5.41, 5.74) is 3.56. The van der Waals surface area contributed by atoms with Crippen LogP contribution in [-0.2, 0) is 9.47 Å². The maximum Gasteiger partial charge on any atom is 0.407 e. The van der Waals surface area contributed by atoms with E-state index in [0.29, 0.717) is 36.6 Å². The molecule has 2 aromatic carbocycles. The van der Waals surface area contributed by atoms with E-state index in [4.69, 9.17) is 24.4 Å². The van der Waals surface area contributed by atoms with Gasteiger partial charge in [-0.1, -0.05) is 67.6 Å². The summed E-state index contributed by atoms with van der Waals surface area (Å²) in [7, 11) is 0. The van der Waals surface area contributed by atoms with Gasteiger partial charge in [-0.2, -0.15) is 4.98 Å². The maximum atomic E-state index is 12.5. The van der Waals surface area contributed by atoms with Gasteiger partial charge in [0.25, 0.3) is 0 Å². The number of carbonyl (C=O) groups is 1. The average Bonchev–Trinajstić information content (AvgIpc) is 3.77. The summed E-state index contributed by atoms with van der Waals surface area (Å²) < 4.78 is 13.0. The van der Waals surface area contributed by atoms with Crippen LogP contribution in [0.15, 0.2) is 67.0 Å². The number of nitrogens with zero attached hydrogens (tertiary/aromatic N) is 5. The lowest BCUT2D eigenvalue weighted by molar-refractivity contribution is -0.0511. The Balaban J connectivity index is 1.36. The Morgan fingerprint density at radius 1 is 1.04 bits per heavy atom. The normalized spacial score (nSPS) is 23.8. The molecule has 1 amide bonds. The van der Waals surface area contributed by atoms with Crippen LogP contribution in [-0.4, -0.2) is 90.6 Å². The topological polar surface area (TPSA) is 155 Å². The molecule has 0 bridgehead atoms. The fraction of sp³-hybridized carbons (Fsp3) is 0.486. The summed E-state index contributed by atoms with van der Waals surface area (Å²) >= 11 is 0. The maximum absolute atomic E-state index is 12.5. The lowest BCUT2D eigenvalue weighted by Crippen LogP contribution is -2.40. The predicted molar refractivity (Wildman–Crippen MR) is 176 cm³/mol. The van der Waals surface area contributed by atoms with Crippen molar-refractivity contribution in [2.75, 3.05) is 24.6 Å². The molecule has 2 saturated heterocycles. The first-order valence-electron chi connectivity index (χ1n) is 16.2. The number of aliphatic hydroxyl groups is 3. The number of hydrogen-bond donors (Lipinski definition) is 4. The van der Waals surface area contributed by atoms with Gasteiger partial charge in [-0.3, -0.25) is 4.57 Å². The van der Waals surface area contributed by atoms with Crippen LogP contribution >= 0.6 is 0 Å². The summed E-state index contributed by atoms with van der Waals surface area (Å²) in [6, 6.07) is 20.6. The van der Waals surface area contributed by atoms with E-state index in [9.17, 15) is 20.1 Å². The third-order valence-corrected chi connectivity index (χ3v) is 8.88. The summed E-state index contributed by atoms with van der Waals surface area (Å²) in [4.78, 5) is 29.3. The van der Waals surface area contributed by atoms with Crippen LogP contribution < -0.4 is 10.2 Å². The van der Waals surface area contributed by atoms with Crippen LogP contribution in [0, 0.1) is 0 Å². The van der Waals surface area contributed by atoms with E-state index in [1.165, 1.54) is 11.1 Å². The summed E-state index contributed by atoms with van der Waals surface area (Å²) in [6.07, 6.45) is -2.00. The quantitative estimate of drug-likeness (QED) is 0.211. The van der Waals surface area contributed by atoms with Gasteiger partial charge in [-0.05, 0) is 44.7 Å². The number of imidazole rings is 1. The third kappa shape index (κ3) is 7.10. The molecule has 47 heavy (non-hydrogen) atoms. The fourth-order valence-electron chi connectivity index (χ4n) is 6.54. The zero-order valence-electron chi connectivity index (χ0n) is 27.2. The van der Waals surface area contributed by atoms with Crippen LogP contribution in [0.1, 0.15) is 75.4 Å². The molecule has 0 radical (unpaired) electrons. The Labute approximate surface area is 274 Å². The Bertz CT molecular complexity index is 1620. The van der Waals surface area contributed by atoms with Crippen molar-refractivity contribution in [3.8, 4) is 0 Å². The van der Waals surface area contributed by atoms with Gasteiger partial charge in [0.15, 0.2) is 11.9 Å². The SMILES string of the molecule is CC(CC(c1ccccc1)c1ccccc1)c1nc(N2CC[C@H](NC(=O)OC(C)(C)C)C2)nc2c1ncn2[C@@H]1O[C@H](CO)[C@@H](O)[C@H]1O. The molecule has 12 nitrogen and oxygen atoms in total. The second-order valence-corrected chi connectivity index (χ2v) is 13.6. The first-order chi connectivity index (χ1) is 22.5. The minimum Gasteiger partial charge on any atom is -0.444 e. The summed E-state index contributed by atoms with van der Waals surface area (Å²) in [5, 5.41) is 34.1. The smallest absolute Gasteiger partial charge is 0.407 e. The van der Waals surface area contributed by atoms with E-state index in [1.54, 1.807) is 10.9 Å². The molecule has 2 aromatic heterocycles. The molecule has 12 heteroatoms. The van der Waals surface area contributed by atoms with Gasteiger partial charge in [-0.25, -0.2) is 14.8 Å². The molecule has 2 fully saturated rings.